The van der Waals surface area contributed by atoms with Crippen molar-refractivity contribution < 1.29 is 29.0 Å². The molecule has 120 valence electrons. The predicted molar refractivity (Wildman–Crippen MR) is 75.9 cm³/mol. The Bertz CT molecular complexity index is 399. The summed E-state index contributed by atoms with van der Waals surface area (Å²) in [5, 5.41) is 9.10. The van der Waals surface area contributed by atoms with Crippen molar-refractivity contribution in [1.29, 1.82) is 0 Å². The highest BCUT2D eigenvalue weighted by Crippen LogP contribution is 2.14. The summed E-state index contributed by atoms with van der Waals surface area (Å²) in [6.45, 7) is 10.1. The molecule has 0 aromatic heterocycles. The number of rotatable bonds is 6. The molecular weight excluding hydrogens is 278 g/mol. The van der Waals surface area contributed by atoms with E-state index in [9.17, 15) is 14.4 Å². The number of hydrogen-bond donors (Lipinski definition) is 1. The molecule has 0 saturated heterocycles. The van der Waals surface area contributed by atoms with Crippen LogP contribution >= 0.6 is 0 Å². The van der Waals surface area contributed by atoms with Gasteiger partial charge >= 0.3 is 18.2 Å². The van der Waals surface area contributed by atoms with Crippen LogP contribution in [0.4, 0.5) is 9.59 Å². The lowest BCUT2D eigenvalue weighted by molar-refractivity contribution is -0.144. The van der Waals surface area contributed by atoms with Crippen LogP contribution in [0.15, 0.2) is 12.7 Å². The molecule has 0 unspecified atom stereocenters. The Labute approximate surface area is 124 Å². The standard InChI is InChI=1S/C14H23NO6/c1-6-10(8-11(16)20-7-2)9-15(12(17)18)13(19)21-14(3,4)5/h6,10H,1,7-9H2,2-5H3,(H,17,18)/t10-/m1/s1. The summed E-state index contributed by atoms with van der Waals surface area (Å²) in [6, 6.07) is 0. The van der Waals surface area contributed by atoms with Gasteiger partial charge in [-0.05, 0) is 27.7 Å². The maximum atomic E-state index is 11.8. The highest BCUT2D eigenvalue weighted by Gasteiger charge is 2.29. The van der Waals surface area contributed by atoms with Crippen LogP contribution in [-0.2, 0) is 14.3 Å². The van der Waals surface area contributed by atoms with E-state index in [0.717, 1.165) is 0 Å². The van der Waals surface area contributed by atoms with Gasteiger partial charge in [-0.2, -0.15) is 0 Å². The van der Waals surface area contributed by atoms with Crippen molar-refractivity contribution >= 4 is 18.2 Å². The number of imide groups is 1. The molecule has 0 radical (unpaired) electrons. The first-order valence-corrected chi connectivity index (χ1v) is 6.62. The lowest BCUT2D eigenvalue weighted by Crippen LogP contribution is -2.42. The van der Waals surface area contributed by atoms with Crippen LogP contribution in [0.1, 0.15) is 34.1 Å². The Kier molecular flexibility index (Phi) is 7.48. The maximum absolute atomic E-state index is 11.8. The fourth-order valence-corrected chi connectivity index (χ4v) is 1.44. The van der Waals surface area contributed by atoms with Crippen LogP contribution in [-0.4, -0.2) is 46.9 Å². The van der Waals surface area contributed by atoms with Crippen molar-refractivity contribution in [3.05, 3.63) is 12.7 Å². The average Bonchev–Trinajstić information content (AvgIpc) is 2.31. The summed E-state index contributed by atoms with van der Waals surface area (Å²) in [6.07, 6.45) is -1.06. The first-order chi connectivity index (χ1) is 9.60. The van der Waals surface area contributed by atoms with Gasteiger partial charge in [0.05, 0.1) is 13.0 Å². The van der Waals surface area contributed by atoms with Crippen molar-refractivity contribution in [1.82, 2.24) is 4.90 Å². The van der Waals surface area contributed by atoms with E-state index in [1.54, 1.807) is 27.7 Å². The predicted octanol–water partition coefficient (Wildman–Crippen LogP) is 2.66. The van der Waals surface area contributed by atoms with E-state index in [0.29, 0.717) is 4.90 Å². The Balaban J connectivity index is 4.81. The highest BCUT2D eigenvalue weighted by atomic mass is 16.6. The second-order valence-corrected chi connectivity index (χ2v) is 5.38. The van der Waals surface area contributed by atoms with E-state index in [4.69, 9.17) is 14.6 Å². The molecule has 0 spiro atoms. The molecule has 0 heterocycles. The summed E-state index contributed by atoms with van der Waals surface area (Å²) in [7, 11) is 0. The van der Waals surface area contributed by atoms with Crippen molar-refractivity contribution in [3.8, 4) is 0 Å². The number of hydrogen-bond acceptors (Lipinski definition) is 5. The molecule has 0 rings (SSSR count). The minimum absolute atomic E-state index is 0.0517. The van der Waals surface area contributed by atoms with E-state index in [2.05, 4.69) is 6.58 Å². The number of nitrogens with zero attached hydrogens (tertiary/aromatic N) is 1. The molecular formula is C14H23NO6. The number of ether oxygens (including phenoxy) is 2. The Hall–Kier alpha value is -2.05. The van der Waals surface area contributed by atoms with Gasteiger partial charge in [0.2, 0.25) is 0 Å². The average molecular weight is 301 g/mol. The third-order valence-corrected chi connectivity index (χ3v) is 2.33. The summed E-state index contributed by atoms with van der Waals surface area (Å²) in [5.41, 5.74) is -0.810. The number of carbonyl (C=O) groups excluding carboxylic acids is 2. The van der Waals surface area contributed by atoms with Crippen LogP contribution in [0.5, 0.6) is 0 Å². The summed E-state index contributed by atoms with van der Waals surface area (Å²) in [5.74, 6) is -1.01. The topological polar surface area (TPSA) is 93.1 Å². The molecule has 1 N–H and O–H groups in total. The van der Waals surface area contributed by atoms with E-state index in [1.807, 2.05) is 0 Å². The number of amides is 2. The monoisotopic (exact) mass is 301 g/mol. The Morgan fingerprint density at radius 3 is 2.29 bits per heavy atom. The van der Waals surface area contributed by atoms with Crippen LogP contribution < -0.4 is 0 Å². The molecule has 0 saturated carbocycles. The van der Waals surface area contributed by atoms with Crippen molar-refractivity contribution in [2.75, 3.05) is 13.2 Å². The van der Waals surface area contributed by atoms with Crippen LogP contribution in [0.2, 0.25) is 0 Å². The molecule has 7 heteroatoms. The Morgan fingerprint density at radius 2 is 1.90 bits per heavy atom. The lowest BCUT2D eigenvalue weighted by atomic mass is 10.1. The molecule has 1 atom stereocenters. The van der Waals surface area contributed by atoms with Crippen molar-refractivity contribution in [2.45, 2.75) is 39.7 Å². The van der Waals surface area contributed by atoms with Crippen molar-refractivity contribution in [3.63, 3.8) is 0 Å². The van der Waals surface area contributed by atoms with E-state index in [-0.39, 0.29) is 19.6 Å². The zero-order valence-electron chi connectivity index (χ0n) is 12.9. The number of carboxylic acid groups (broad SMARTS) is 1. The third kappa shape index (κ3) is 7.96. The van der Waals surface area contributed by atoms with Gasteiger partial charge in [0, 0.05) is 12.5 Å². The first kappa shape index (κ1) is 18.9. The second kappa shape index (κ2) is 8.28. The summed E-state index contributed by atoms with van der Waals surface area (Å²) < 4.78 is 9.80. The number of carbonyl (C=O) groups is 3. The molecule has 0 bridgehead atoms. The highest BCUT2D eigenvalue weighted by molar-refractivity contribution is 5.87. The molecule has 0 aliphatic carbocycles. The minimum atomic E-state index is -1.44. The first-order valence-electron chi connectivity index (χ1n) is 6.62. The molecule has 0 aliphatic rings. The van der Waals surface area contributed by atoms with Gasteiger partial charge in [-0.1, -0.05) is 6.08 Å². The van der Waals surface area contributed by atoms with Gasteiger partial charge in [-0.25, -0.2) is 14.5 Å². The van der Waals surface area contributed by atoms with E-state index >= 15 is 0 Å². The smallest absolute Gasteiger partial charge is 0.419 e. The second-order valence-electron chi connectivity index (χ2n) is 5.38. The van der Waals surface area contributed by atoms with Crippen LogP contribution in [0.25, 0.3) is 0 Å². The molecule has 21 heavy (non-hydrogen) atoms. The van der Waals surface area contributed by atoms with E-state index in [1.165, 1.54) is 6.08 Å². The lowest BCUT2D eigenvalue weighted by Gasteiger charge is -2.26. The molecule has 0 aliphatic heterocycles. The largest absolute Gasteiger partial charge is 0.466 e. The van der Waals surface area contributed by atoms with Crippen LogP contribution in [0, 0.1) is 5.92 Å². The van der Waals surface area contributed by atoms with E-state index < -0.39 is 29.7 Å². The fourth-order valence-electron chi connectivity index (χ4n) is 1.44. The van der Waals surface area contributed by atoms with Gasteiger partial charge in [-0.3, -0.25) is 4.79 Å². The molecule has 0 fully saturated rings. The third-order valence-electron chi connectivity index (χ3n) is 2.33. The van der Waals surface area contributed by atoms with Gasteiger partial charge < -0.3 is 14.6 Å². The molecule has 7 nitrogen and oxygen atoms in total. The van der Waals surface area contributed by atoms with Gasteiger partial charge in [0.25, 0.3) is 0 Å². The van der Waals surface area contributed by atoms with Gasteiger partial charge in [0.1, 0.15) is 5.60 Å². The Morgan fingerprint density at radius 1 is 1.33 bits per heavy atom. The summed E-state index contributed by atoms with van der Waals surface area (Å²) >= 11 is 0. The fraction of sp³-hybridized carbons (Fsp3) is 0.643. The molecule has 0 aromatic rings. The zero-order chi connectivity index (χ0) is 16.6. The van der Waals surface area contributed by atoms with Gasteiger partial charge in [-0.15, -0.1) is 6.58 Å². The summed E-state index contributed by atoms with van der Waals surface area (Å²) in [4.78, 5) is 34.9. The quantitative estimate of drug-likeness (QED) is 0.599. The normalized spacial score (nSPS) is 12.2. The minimum Gasteiger partial charge on any atom is -0.466 e. The van der Waals surface area contributed by atoms with Crippen molar-refractivity contribution in [2.24, 2.45) is 5.92 Å². The molecule has 2 amide bonds. The zero-order valence-corrected chi connectivity index (χ0v) is 12.9. The number of esters is 1. The molecule has 0 aromatic carbocycles. The maximum Gasteiger partial charge on any atom is 0.419 e. The van der Waals surface area contributed by atoms with Gasteiger partial charge in [0.15, 0.2) is 0 Å². The van der Waals surface area contributed by atoms with Crippen LogP contribution in [0.3, 0.4) is 0 Å². The SMILES string of the molecule is C=C[C@H](CC(=O)OCC)CN(C(=O)O)C(=O)OC(C)(C)C.